The molecule has 0 spiro atoms. The number of halogens is 2. The standard InChI is InChI=1S/C30H34Cl2N4O3/c1-3-18-38-26(22-8-6-9-23(19-22)35-12-4-5-13-35)20-34-14-16-36(17-15-34)30(37)27-21(2)39-33-29(27)28-24(31)10-7-11-25(28)32/h3,6-11,19,26H,1,4-5,12-18,20H2,2H3/t26-/m0/s1. The van der Waals surface area contributed by atoms with Crippen LogP contribution in [0.1, 0.15) is 40.6 Å². The highest BCUT2D eigenvalue weighted by atomic mass is 35.5. The first-order chi connectivity index (χ1) is 19.0. The average molecular weight is 570 g/mol. The van der Waals surface area contributed by atoms with E-state index >= 15 is 0 Å². The summed E-state index contributed by atoms with van der Waals surface area (Å²) in [5.41, 5.74) is 3.72. The third-order valence-electron chi connectivity index (χ3n) is 7.49. The van der Waals surface area contributed by atoms with Crippen molar-refractivity contribution < 1.29 is 14.1 Å². The van der Waals surface area contributed by atoms with Crippen molar-refractivity contribution in [3.63, 3.8) is 0 Å². The predicted molar refractivity (Wildman–Crippen MR) is 156 cm³/mol. The van der Waals surface area contributed by atoms with Gasteiger partial charge in [0, 0.05) is 57.1 Å². The van der Waals surface area contributed by atoms with Crippen LogP contribution in [0.3, 0.4) is 0 Å². The fourth-order valence-electron chi connectivity index (χ4n) is 5.38. The van der Waals surface area contributed by atoms with Crippen LogP contribution in [0, 0.1) is 6.92 Å². The fraction of sp³-hybridized carbons (Fsp3) is 0.400. The molecule has 2 saturated heterocycles. The molecular formula is C30H34Cl2N4O3. The number of hydrogen-bond acceptors (Lipinski definition) is 6. The Bertz CT molecular complexity index is 1290. The van der Waals surface area contributed by atoms with Gasteiger partial charge in [-0.15, -0.1) is 6.58 Å². The molecule has 1 amide bonds. The number of rotatable bonds is 9. The van der Waals surface area contributed by atoms with E-state index in [4.69, 9.17) is 32.5 Å². The molecule has 2 aliphatic heterocycles. The van der Waals surface area contributed by atoms with E-state index in [1.807, 2.05) is 4.90 Å². The minimum Gasteiger partial charge on any atom is -0.372 e. The van der Waals surface area contributed by atoms with Gasteiger partial charge in [-0.2, -0.15) is 0 Å². The molecule has 3 aromatic rings. The number of ether oxygens (including phenoxy) is 1. The molecule has 0 radical (unpaired) electrons. The molecular weight excluding hydrogens is 535 g/mol. The van der Waals surface area contributed by atoms with Crippen molar-refractivity contribution >= 4 is 34.8 Å². The molecule has 39 heavy (non-hydrogen) atoms. The van der Waals surface area contributed by atoms with E-state index in [0.717, 1.165) is 32.7 Å². The van der Waals surface area contributed by atoms with Crippen molar-refractivity contribution in [3.05, 3.63) is 82.1 Å². The summed E-state index contributed by atoms with van der Waals surface area (Å²) in [6.45, 7) is 11.6. The summed E-state index contributed by atoms with van der Waals surface area (Å²) in [7, 11) is 0. The van der Waals surface area contributed by atoms with Crippen LogP contribution in [0.5, 0.6) is 0 Å². The minimum absolute atomic E-state index is 0.0814. The zero-order chi connectivity index (χ0) is 27.4. The third kappa shape index (κ3) is 6.17. The Balaban J connectivity index is 1.27. The monoisotopic (exact) mass is 568 g/mol. The van der Waals surface area contributed by atoms with Crippen LogP contribution in [0.4, 0.5) is 5.69 Å². The lowest BCUT2D eigenvalue weighted by molar-refractivity contribution is 0.0245. The lowest BCUT2D eigenvalue weighted by Crippen LogP contribution is -2.49. The number of nitrogens with zero attached hydrogens (tertiary/aromatic N) is 4. The number of hydrogen-bond donors (Lipinski definition) is 0. The lowest BCUT2D eigenvalue weighted by atomic mass is 10.0. The van der Waals surface area contributed by atoms with Crippen LogP contribution in [0.25, 0.3) is 11.3 Å². The minimum atomic E-state index is -0.128. The normalized spacial score (nSPS) is 17.0. The molecule has 2 fully saturated rings. The summed E-state index contributed by atoms with van der Waals surface area (Å²) in [5, 5.41) is 5.00. The number of carbonyl (C=O) groups excluding carboxylic acids is 1. The van der Waals surface area contributed by atoms with Gasteiger partial charge in [0.15, 0.2) is 0 Å². The number of carbonyl (C=O) groups is 1. The summed E-state index contributed by atoms with van der Waals surface area (Å²) in [6.07, 6.45) is 4.19. The molecule has 5 rings (SSSR count). The maximum atomic E-state index is 13.6. The van der Waals surface area contributed by atoms with Crippen LogP contribution in [-0.2, 0) is 4.74 Å². The van der Waals surface area contributed by atoms with E-state index in [2.05, 4.69) is 45.8 Å². The Hall–Kier alpha value is -2.84. The molecule has 7 nitrogen and oxygen atoms in total. The maximum Gasteiger partial charge on any atom is 0.259 e. The Labute approximate surface area is 239 Å². The summed E-state index contributed by atoms with van der Waals surface area (Å²) in [4.78, 5) is 20.3. The SMILES string of the molecule is C=CCO[C@@H](CN1CCN(C(=O)c2c(-c3c(Cl)cccc3Cl)noc2C)CC1)c1cccc(N2CCCC2)c1. The highest BCUT2D eigenvalue weighted by molar-refractivity contribution is 6.39. The molecule has 1 atom stereocenters. The van der Waals surface area contributed by atoms with Gasteiger partial charge in [-0.05, 0) is 49.6 Å². The van der Waals surface area contributed by atoms with E-state index in [1.165, 1.54) is 24.1 Å². The molecule has 9 heteroatoms. The van der Waals surface area contributed by atoms with E-state index in [0.29, 0.717) is 52.3 Å². The summed E-state index contributed by atoms with van der Waals surface area (Å²) < 4.78 is 11.7. The largest absolute Gasteiger partial charge is 0.372 e. The van der Waals surface area contributed by atoms with Crippen molar-refractivity contribution in [2.45, 2.75) is 25.9 Å². The predicted octanol–water partition coefficient (Wildman–Crippen LogP) is 6.26. The summed E-state index contributed by atoms with van der Waals surface area (Å²) in [6, 6.07) is 13.9. The molecule has 3 heterocycles. The van der Waals surface area contributed by atoms with Gasteiger partial charge in [0.05, 0.1) is 22.8 Å². The molecule has 2 aliphatic rings. The zero-order valence-electron chi connectivity index (χ0n) is 22.2. The third-order valence-corrected chi connectivity index (χ3v) is 8.12. The Morgan fingerprint density at radius 1 is 1.08 bits per heavy atom. The molecule has 2 aromatic carbocycles. The van der Waals surface area contributed by atoms with E-state index in [1.54, 1.807) is 31.2 Å². The zero-order valence-corrected chi connectivity index (χ0v) is 23.8. The average Bonchev–Trinajstić information content (AvgIpc) is 3.62. The van der Waals surface area contributed by atoms with Gasteiger partial charge in [-0.25, -0.2) is 0 Å². The van der Waals surface area contributed by atoms with E-state index < -0.39 is 0 Å². The van der Waals surface area contributed by atoms with Gasteiger partial charge in [0.25, 0.3) is 5.91 Å². The molecule has 206 valence electrons. The first-order valence-corrected chi connectivity index (χ1v) is 14.2. The number of amides is 1. The first kappa shape index (κ1) is 27.7. The Kier molecular flexibility index (Phi) is 8.92. The smallest absolute Gasteiger partial charge is 0.259 e. The van der Waals surface area contributed by atoms with Crippen LogP contribution in [0.2, 0.25) is 10.0 Å². The Morgan fingerprint density at radius 2 is 1.77 bits per heavy atom. The quantitative estimate of drug-likeness (QED) is 0.284. The van der Waals surface area contributed by atoms with Crippen molar-refractivity contribution in [1.29, 1.82) is 0 Å². The van der Waals surface area contributed by atoms with Gasteiger partial charge in [0.1, 0.15) is 17.0 Å². The van der Waals surface area contributed by atoms with Gasteiger partial charge < -0.3 is 19.1 Å². The number of benzene rings is 2. The first-order valence-electron chi connectivity index (χ1n) is 13.5. The topological polar surface area (TPSA) is 62.1 Å². The second-order valence-corrected chi connectivity index (χ2v) is 10.9. The van der Waals surface area contributed by atoms with E-state index in [9.17, 15) is 4.79 Å². The van der Waals surface area contributed by atoms with E-state index in [-0.39, 0.29) is 12.0 Å². The van der Waals surface area contributed by atoms with Crippen LogP contribution >= 0.6 is 23.2 Å². The molecule has 0 unspecified atom stereocenters. The van der Waals surface area contributed by atoms with Crippen LogP contribution in [0.15, 0.2) is 59.6 Å². The van der Waals surface area contributed by atoms with Gasteiger partial charge in [-0.1, -0.05) is 52.6 Å². The number of anilines is 1. The van der Waals surface area contributed by atoms with Crippen molar-refractivity contribution in [1.82, 2.24) is 15.0 Å². The van der Waals surface area contributed by atoms with Crippen molar-refractivity contribution in [3.8, 4) is 11.3 Å². The summed E-state index contributed by atoms with van der Waals surface area (Å²) >= 11 is 12.8. The number of aromatic nitrogens is 1. The fourth-order valence-corrected chi connectivity index (χ4v) is 5.96. The summed E-state index contributed by atoms with van der Waals surface area (Å²) in [5.74, 6) is 0.321. The van der Waals surface area contributed by atoms with Crippen molar-refractivity contribution in [2.24, 2.45) is 0 Å². The van der Waals surface area contributed by atoms with Gasteiger partial charge in [0.2, 0.25) is 0 Å². The molecule has 0 aliphatic carbocycles. The lowest BCUT2D eigenvalue weighted by Gasteiger charge is -2.36. The highest BCUT2D eigenvalue weighted by Crippen LogP contribution is 2.37. The van der Waals surface area contributed by atoms with Crippen LogP contribution < -0.4 is 4.90 Å². The molecule has 0 N–H and O–H groups in total. The Morgan fingerprint density at radius 3 is 2.46 bits per heavy atom. The second kappa shape index (κ2) is 12.6. The van der Waals surface area contributed by atoms with Crippen LogP contribution in [-0.4, -0.2) is 73.3 Å². The molecule has 0 bridgehead atoms. The van der Waals surface area contributed by atoms with Gasteiger partial charge >= 0.3 is 0 Å². The number of piperazine rings is 1. The second-order valence-electron chi connectivity index (χ2n) is 10.1. The van der Waals surface area contributed by atoms with Crippen molar-refractivity contribution in [2.75, 3.05) is 57.3 Å². The van der Waals surface area contributed by atoms with Gasteiger partial charge in [-0.3, -0.25) is 9.69 Å². The molecule has 0 saturated carbocycles. The highest BCUT2D eigenvalue weighted by Gasteiger charge is 2.31. The molecule has 1 aromatic heterocycles. The maximum absolute atomic E-state index is 13.6. The number of aryl methyl sites for hydroxylation is 1.